The van der Waals surface area contributed by atoms with Gasteiger partial charge in [-0.25, -0.2) is 9.59 Å². The lowest BCUT2D eigenvalue weighted by Crippen LogP contribution is -2.63. The number of aromatic hydroxyl groups is 1. The number of nitrogens with one attached hydrogen (secondary N) is 2. The first-order chi connectivity index (χ1) is 20.9. The van der Waals surface area contributed by atoms with Crippen LogP contribution >= 0.6 is 0 Å². The topological polar surface area (TPSA) is 105 Å². The Balaban J connectivity index is 1.17. The maximum Gasteiger partial charge on any atom is 0.322 e. The fraction of sp³-hybridized carbons (Fsp3) is 0.382. The summed E-state index contributed by atoms with van der Waals surface area (Å²) in [6, 6.07) is 24.3. The molecule has 3 aromatic carbocycles. The number of piperidine rings is 1. The molecule has 3 aliphatic rings. The minimum Gasteiger partial charge on any atom is -0.508 e. The normalized spacial score (nSPS) is 21.2. The molecule has 0 aliphatic carbocycles. The number of amides is 5. The van der Waals surface area contributed by atoms with E-state index >= 15 is 0 Å². The van der Waals surface area contributed by atoms with Gasteiger partial charge < -0.3 is 30.4 Å². The first-order valence-electron chi connectivity index (χ1n) is 15.2. The molecule has 224 valence electrons. The summed E-state index contributed by atoms with van der Waals surface area (Å²) in [4.78, 5) is 46.6. The number of rotatable bonds is 6. The Hall–Kier alpha value is -4.53. The summed E-state index contributed by atoms with van der Waals surface area (Å²) in [7, 11) is 0. The van der Waals surface area contributed by atoms with Crippen molar-refractivity contribution in [2.24, 2.45) is 0 Å². The standard InChI is InChI=1S/C34H39N5O4/c40-29-14-12-25(13-15-29)22-34(18-6-7-19-38(31(34)41)23-26-8-2-1-3-9-26)36-33(43)37-20-16-28(17-21-37)39-24-27-10-4-5-11-30(27)35-32(39)42/h1-5,8-15,28,40H,6-7,16-24H2,(H,35,42)(H,36,43). The highest BCUT2D eigenvalue weighted by atomic mass is 16.3. The number of hydrogen-bond donors (Lipinski definition) is 3. The van der Waals surface area contributed by atoms with E-state index in [9.17, 15) is 19.5 Å². The zero-order valence-corrected chi connectivity index (χ0v) is 24.4. The van der Waals surface area contributed by atoms with Gasteiger partial charge in [0, 0.05) is 50.9 Å². The van der Waals surface area contributed by atoms with E-state index in [2.05, 4.69) is 10.6 Å². The van der Waals surface area contributed by atoms with Gasteiger partial charge >= 0.3 is 12.1 Å². The van der Waals surface area contributed by atoms with Crippen LogP contribution in [0.4, 0.5) is 15.3 Å². The highest BCUT2D eigenvalue weighted by Gasteiger charge is 2.45. The fourth-order valence-corrected chi connectivity index (χ4v) is 6.66. The third-order valence-electron chi connectivity index (χ3n) is 9.04. The van der Waals surface area contributed by atoms with Crippen molar-refractivity contribution in [3.63, 3.8) is 0 Å². The van der Waals surface area contributed by atoms with Crippen LogP contribution in [0, 0.1) is 0 Å². The first-order valence-corrected chi connectivity index (χ1v) is 15.2. The molecule has 9 heteroatoms. The van der Waals surface area contributed by atoms with E-state index in [0.717, 1.165) is 35.2 Å². The van der Waals surface area contributed by atoms with Gasteiger partial charge in [-0.3, -0.25) is 4.79 Å². The molecule has 0 aromatic heterocycles. The van der Waals surface area contributed by atoms with Crippen LogP contribution in [0.5, 0.6) is 5.75 Å². The van der Waals surface area contributed by atoms with Crippen LogP contribution in [-0.4, -0.2) is 69.0 Å². The smallest absolute Gasteiger partial charge is 0.322 e. The van der Waals surface area contributed by atoms with Crippen molar-refractivity contribution in [3.05, 3.63) is 95.6 Å². The molecule has 0 radical (unpaired) electrons. The molecule has 3 aromatic rings. The summed E-state index contributed by atoms with van der Waals surface area (Å²) >= 11 is 0. The van der Waals surface area contributed by atoms with E-state index in [1.54, 1.807) is 17.0 Å². The van der Waals surface area contributed by atoms with E-state index in [1.807, 2.05) is 76.5 Å². The zero-order chi connectivity index (χ0) is 29.8. The number of phenolic OH excluding ortho intramolecular Hbond substituents is 1. The maximum atomic E-state index is 14.3. The van der Waals surface area contributed by atoms with Crippen LogP contribution in [0.2, 0.25) is 0 Å². The number of para-hydroxylation sites is 1. The van der Waals surface area contributed by atoms with Crippen LogP contribution in [0.25, 0.3) is 0 Å². The summed E-state index contributed by atoms with van der Waals surface area (Å²) < 4.78 is 0. The molecule has 3 aliphatic heterocycles. The lowest BCUT2D eigenvalue weighted by Gasteiger charge is -2.42. The molecule has 0 bridgehead atoms. The van der Waals surface area contributed by atoms with Crippen LogP contribution < -0.4 is 10.6 Å². The molecule has 3 heterocycles. The number of fused-ring (bicyclic) bond motifs is 1. The van der Waals surface area contributed by atoms with Gasteiger partial charge in [-0.2, -0.15) is 0 Å². The lowest BCUT2D eigenvalue weighted by molar-refractivity contribution is -0.138. The third kappa shape index (κ3) is 6.30. The molecule has 2 fully saturated rings. The Morgan fingerprint density at radius 2 is 1.60 bits per heavy atom. The van der Waals surface area contributed by atoms with Gasteiger partial charge in [-0.05, 0) is 67.0 Å². The molecule has 1 unspecified atom stereocenters. The average molecular weight is 582 g/mol. The molecule has 5 amide bonds. The van der Waals surface area contributed by atoms with E-state index in [1.165, 1.54) is 0 Å². The van der Waals surface area contributed by atoms with Gasteiger partial charge in [-0.1, -0.05) is 60.7 Å². The van der Waals surface area contributed by atoms with Crippen molar-refractivity contribution in [1.29, 1.82) is 0 Å². The van der Waals surface area contributed by atoms with Crippen molar-refractivity contribution < 1.29 is 19.5 Å². The molecular weight excluding hydrogens is 542 g/mol. The van der Waals surface area contributed by atoms with Gasteiger partial charge in [0.25, 0.3) is 0 Å². The number of likely N-dealkylation sites (tertiary alicyclic amines) is 2. The fourth-order valence-electron chi connectivity index (χ4n) is 6.66. The number of anilines is 1. The van der Waals surface area contributed by atoms with Crippen molar-refractivity contribution in [2.45, 2.75) is 63.2 Å². The van der Waals surface area contributed by atoms with E-state index in [-0.39, 0.29) is 29.8 Å². The summed E-state index contributed by atoms with van der Waals surface area (Å²) in [6.07, 6.45) is 3.88. The Bertz CT molecular complexity index is 1460. The second-order valence-electron chi connectivity index (χ2n) is 12.0. The van der Waals surface area contributed by atoms with E-state index in [4.69, 9.17) is 0 Å². The SMILES string of the molecule is O=C(NC1(Cc2ccc(O)cc2)CCCCN(Cc2ccccc2)C1=O)N1CCC(N2Cc3ccccc3NC2=O)CC1. The summed E-state index contributed by atoms with van der Waals surface area (Å²) in [5.41, 5.74) is 2.77. The van der Waals surface area contributed by atoms with Crippen LogP contribution in [0.15, 0.2) is 78.9 Å². The minimum absolute atomic E-state index is 0.0317. The van der Waals surface area contributed by atoms with Crippen LogP contribution in [0.1, 0.15) is 48.8 Å². The number of phenols is 1. The highest BCUT2D eigenvalue weighted by Crippen LogP contribution is 2.31. The second kappa shape index (κ2) is 12.4. The maximum absolute atomic E-state index is 14.3. The molecule has 9 nitrogen and oxygen atoms in total. The minimum atomic E-state index is -1.10. The molecule has 43 heavy (non-hydrogen) atoms. The number of hydrogen-bond acceptors (Lipinski definition) is 4. The van der Waals surface area contributed by atoms with Gasteiger partial charge in [0.15, 0.2) is 0 Å². The predicted molar refractivity (Wildman–Crippen MR) is 164 cm³/mol. The molecule has 3 N–H and O–H groups in total. The van der Waals surface area contributed by atoms with Gasteiger partial charge in [0.05, 0.1) is 0 Å². The van der Waals surface area contributed by atoms with Crippen molar-refractivity contribution in [3.8, 4) is 5.75 Å². The van der Waals surface area contributed by atoms with Crippen LogP contribution in [-0.2, 0) is 24.3 Å². The van der Waals surface area contributed by atoms with Crippen molar-refractivity contribution in [2.75, 3.05) is 25.0 Å². The average Bonchev–Trinajstić information content (AvgIpc) is 3.17. The highest BCUT2D eigenvalue weighted by molar-refractivity contribution is 5.93. The molecule has 0 saturated carbocycles. The number of benzene rings is 3. The van der Waals surface area contributed by atoms with E-state index < -0.39 is 5.54 Å². The molecular formula is C34H39N5O4. The zero-order valence-electron chi connectivity index (χ0n) is 24.4. The summed E-state index contributed by atoms with van der Waals surface area (Å²) in [6.45, 7) is 2.67. The lowest BCUT2D eigenvalue weighted by atomic mass is 9.85. The Morgan fingerprint density at radius 3 is 2.37 bits per heavy atom. The largest absolute Gasteiger partial charge is 0.508 e. The molecule has 0 spiro atoms. The number of urea groups is 2. The molecule has 6 rings (SSSR count). The van der Waals surface area contributed by atoms with Gasteiger partial charge in [-0.15, -0.1) is 0 Å². The monoisotopic (exact) mass is 581 g/mol. The van der Waals surface area contributed by atoms with Gasteiger partial charge in [0.2, 0.25) is 5.91 Å². The number of carbonyl (C=O) groups excluding carboxylic acids is 3. The van der Waals surface area contributed by atoms with E-state index in [0.29, 0.717) is 58.4 Å². The summed E-state index contributed by atoms with van der Waals surface area (Å²) in [5.74, 6) is 0.0855. The second-order valence-corrected chi connectivity index (χ2v) is 12.0. The number of carbonyl (C=O) groups is 3. The van der Waals surface area contributed by atoms with Crippen molar-refractivity contribution >= 4 is 23.7 Å². The quantitative estimate of drug-likeness (QED) is 0.376. The third-order valence-corrected chi connectivity index (χ3v) is 9.04. The Labute approximate surface area is 252 Å². The molecule has 1 atom stereocenters. The van der Waals surface area contributed by atoms with Gasteiger partial charge in [0.1, 0.15) is 11.3 Å². The Morgan fingerprint density at radius 1 is 0.884 bits per heavy atom. The van der Waals surface area contributed by atoms with Crippen molar-refractivity contribution in [1.82, 2.24) is 20.0 Å². The summed E-state index contributed by atoms with van der Waals surface area (Å²) in [5, 5.41) is 16.1. The first kappa shape index (κ1) is 28.6. The number of nitrogens with zero attached hydrogens (tertiary/aromatic N) is 3. The Kier molecular flexibility index (Phi) is 8.22. The van der Waals surface area contributed by atoms with Crippen LogP contribution in [0.3, 0.4) is 0 Å². The predicted octanol–water partition coefficient (Wildman–Crippen LogP) is 5.11. The molecule has 2 saturated heterocycles.